The van der Waals surface area contributed by atoms with Crippen LogP contribution >= 0.6 is 46.4 Å². The molecule has 129 heavy (non-hydrogen) atoms. The molecule has 0 saturated heterocycles. The number of aryl methyl sites for hydroxylation is 8. The van der Waals surface area contributed by atoms with Gasteiger partial charge in [-0.25, -0.2) is 19.2 Å². The summed E-state index contributed by atoms with van der Waals surface area (Å²) in [6, 6.07) is 39.5. The van der Waals surface area contributed by atoms with Crippen molar-refractivity contribution in [3.05, 3.63) is 207 Å². The number of nitriles is 4. The lowest BCUT2D eigenvalue weighted by Gasteiger charge is -2.19. The van der Waals surface area contributed by atoms with Crippen LogP contribution in [0.3, 0.4) is 0 Å². The van der Waals surface area contributed by atoms with Crippen molar-refractivity contribution >= 4 is 116 Å². The van der Waals surface area contributed by atoms with Gasteiger partial charge in [0.2, 0.25) is 27.2 Å². The molecule has 0 radical (unpaired) electrons. The summed E-state index contributed by atoms with van der Waals surface area (Å²) in [5.74, 6) is 0.857. The Morgan fingerprint density at radius 2 is 0.581 bits per heavy atom. The first-order valence-corrected chi connectivity index (χ1v) is 43.7. The maximum absolute atomic E-state index is 11.9. The Morgan fingerprint density at radius 1 is 0.349 bits per heavy atom. The van der Waals surface area contributed by atoms with Gasteiger partial charge in [0.25, 0.3) is 0 Å². The molecule has 1 unspecified atom stereocenters. The quantitative estimate of drug-likeness (QED) is 0.00972. The largest absolute Gasteiger partial charge is 0.511 e. The van der Waals surface area contributed by atoms with Crippen molar-refractivity contribution in [3.63, 3.8) is 0 Å². The molecular weight excluding hydrogens is 1730 g/mol. The van der Waals surface area contributed by atoms with Crippen LogP contribution in [0.15, 0.2) is 97.1 Å². The normalized spacial score (nSPS) is 12.4. The minimum absolute atomic E-state index is 0.0250. The summed E-state index contributed by atoms with van der Waals surface area (Å²) in [5.41, 5.74) is 12.0. The van der Waals surface area contributed by atoms with Crippen LogP contribution in [0.4, 0.5) is 19.2 Å². The lowest BCUT2D eigenvalue weighted by molar-refractivity contribution is -0.0208. The third-order valence-corrected chi connectivity index (χ3v) is 21.4. The molecule has 0 saturated carbocycles. The highest BCUT2D eigenvalue weighted by molar-refractivity contribution is 6.34. The highest BCUT2D eigenvalue weighted by Gasteiger charge is 2.30. The van der Waals surface area contributed by atoms with Crippen molar-refractivity contribution < 1.29 is 76.0 Å². The van der Waals surface area contributed by atoms with Crippen molar-refractivity contribution in [2.24, 2.45) is 34.1 Å². The maximum atomic E-state index is 11.9. The van der Waals surface area contributed by atoms with Crippen LogP contribution in [0.25, 0.3) is 45.3 Å². The number of nitrogens with zero attached hydrogens (tertiary/aromatic N) is 12. The summed E-state index contributed by atoms with van der Waals surface area (Å²) >= 11 is 25.9. The van der Waals surface area contributed by atoms with E-state index in [9.17, 15) is 40.2 Å². The van der Waals surface area contributed by atoms with Crippen molar-refractivity contribution in [1.29, 1.82) is 21.0 Å². The second kappa shape index (κ2) is 50.2. The molecule has 0 fully saturated rings. The van der Waals surface area contributed by atoms with E-state index in [1.807, 2.05) is 125 Å². The van der Waals surface area contributed by atoms with Crippen LogP contribution < -0.4 is 0 Å². The van der Waals surface area contributed by atoms with E-state index in [-0.39, 0.29) is 98.8 Å². The number of unbranched alkanes of at least 4 members (excludes halogenated alkanes) is 3. The van der Waals surface area contributed by atoms with Crippen molar-refractivity contribution in [2.45, 2.75) is 219 Å². The molecular formula is C97H122Cl4N12O16. The van der Waals surface area contributed by atoms with Gasteiger partial charge in [-0.1, -0.05) is 280 Å². The second-order valence-electron chi connectivity index (χ2n) is 34.5. The van der Waals surface area contributed by atoms with Crippen molar-refractivity contribution in [1.82, 2.24) is 39.1 Å². The predicted octanol–water partition coefficient (Wildman–Crippen LogP) is 24.2. The number of hydrogen-bond acceptors (Lipinski definition) is 24. The number of carbonyl (C=O) groups is 4. The van der Waals surface area contributed by atoms with Gasteiger partial charge in [-0.2, -0.15) is 41.4 Å². The molecule has 32 heteroatoms. The zero-order valence-electron chi connectivity index (χ0n) is 79.0. The molecule has 0 bridgehead atoms. The molecule has 28 nitrogen and oxygen atoms in total. The first-order valence-electron chi connectivity index (χ1n) is 42.2. The Bertz CT molecular complexity index is 5430. The number of carbonyl (C=O) groups excluding carboxylic acids is 4. The van der Waals surface area contributed by atoms with Gasteiger partial charge in [-0.3, -0.25) is 18.7 Å². The van der Waals surface area contributed by atoms with E-state index in [0.29, 0.717) is 94.3 Å². The van der Waals surface area contributed by atoms with Gasteiger partial charge < -0.3 is 56.8 Å². The standard InChI is InChI=1S/C25H32ClN3O4.3C24H30ClN3O4/c1-7-8-9-14-31-24(30)33-16-32-23(22-21(26)17(2)28-29(22)6)20(15-27)18-10-12-19(13-11-18)25(3,4)5;1-15(2)13-30-23(29)32-14-31-22(21-20(25)16(3)27-28(21)7)19(12-26)17-8-10-18(11-9-17)24(4,5)6;1-8-15(2)32-23(29)31-14-30-22(21-20(25)16(3)27-28(21)7)19(13-26)17-9-11-18(12-10-17)24(4,5)6;1-7-8-13-30-23(29)32-15-31-22(21-20(25)16(2)27-28(21)6)19(14-26)17-9-11-18(12-10-17)24(3,4)5/h10-13H,7-9,14,16H2,1-6H3;8-11,15H,13-14H2,1-7H3;9-12,15H,8,14H2,1-7H3;9-12H,7-8,13,15H2,1-6H3/b23-20-;3*22-19-. The number of hydrogen-bond donors (Lipinski definition) is 0. The van der Waals surface area contributed by atoms with Crippen LogP contribution in [-0.2, 0) is 107 Å². The third-order valence-electron chi connectivity index (χ3n) is 19.6. The van der Waals surface area contributed by atoms with Gasteiger partial charge in [0.15, 0.2) is 23.0 Å². The monoisotopic (exact) mass is 1850 g/mol. The van der Waals surface area contributed by atoms with Crippen LogP contribution in [0.2, 0.25) is 20.1 Å². The molecule has 0 amide bonds. The SMILES string of the molecule is CCC(C)OC(=O)OCO/C(=C(/C#N)c1ccc(C(C)(C)C)cc1)c1c(Cl)c(C)nn1C.CCCCCOC(=O)OCO/C(=C(/C#N)c1ccc(C(C)(C)C)cc1)c1c(Cl)c(C)nn1C.CCCCOC(=O)OCO/C(=C(/C#N)c1ccc(C(C)(C)C)cc1)c1c(Cl)c(C)nn1C.Cc1nn(C)c(/C(OCOC(=O)OCC(C)C)=C(\C#N)c2ccc(C(C)(C)C)cc2)c1Cl. The summed E-state index contributed by atoms with van der Waals surface area (Å²) in [7, 11) is 6.81. The van der Waals surface area contributed by atoms with E-state index >= 15 is 0 Å². The van der Waals surface area contributed by atoms with E-state index in [0.717, 1.165) is 54.4 Å². The molecule has 1 atom stereocenters. The van der Waals surface area contributed by atoms with Crippen LogP contribution in [0.1, 0.15) is 253 Å². The molecule has 4 aromatic heterocycles. The molecule has 8 aromatic rings. The minimum Gasteiger partial charge on any atom is -0.453 e. The first kappa shape index (κ1) is 108. The topological polar surface area (TPSA) is 345 Å². The highest BCUT2D eigenvalue weighted by Crippen LogP contribution is 2.40. The fourth-order valence-electron chi connectivity index (χ4n) is 12.1. The summed E-state index contributed by atoms with van der Waals surface area (Å²) in [4.78, 5) is 47.3. The Balaban J connectivity index is 0.000000305. The van der Waals surface area contributed by atoms with E-state index in [2.05, 4.69) is 135 Å². The fraction of sp³-hybridized carbons (Fsp3) is 0.464. The number of allylic oxidation sites excluding steroid dienone is 4. The van der Waals surface area contributed by atoms with Gasteiger partial charge in [0.05, 0.1) is 62.7 Å². The van der Waals surface area contributed by atoms with Gasteiger partial charge in [-0.15, -0.1) is 0 Å². The summed E-state index contributed by atoms with van der Waals surface area (Å²) in [6.45, 7) is 43.0. The first-order chi connectivity index (χ1) is 60.6. The molecule has 4 aromatic carbocycles. The van der Waals surface area contributed by atoms with E-state index in [1.165, 1.54) is 18.7 Å². The second-order valence-corrected chi connectivity index (χ2v) is 36.0. The number of halogens is 4. The Kier molecular flexibility index (Phi) is 41.8. The highest BCUT2D eigenvalue weighted by atomic mass is 35.5. The molecule has 0 aliphatic rings. The van der Waals surface area contributed by atoms with Crippen molar-refractivity contribution in [3.8, 4) is 24.3 Å². The van der Waals surface area contributed by atoms with Crippen LogP contribution in [0, 0.1) is 78.9 Å². The number of ether oxygens (including phenoxy) is 12. The number of benzene rings is 4. The average Bonchev–Trinajstić information content (AvgIpc) is 1.32. The smallest absolute Gasteiger partial charge is 0.453 e. The lowest BCUT2D eigenvalue weighted by Crippen LogP contribution is -2.17. The average molecular weight is 1850 g/mol. The summed E-state index contributed by atoms with van der Waals surface area (Å²) < 4.78 is 69.5. The zero-order valence-corrected chi connectivity index (χ0v) is 82.0. The minimum atomic E-state index is -0.849. The summed E-state index contributed by atoms with van der Waals surface area (Å²) in [6.07, 6.45) is 1.42. The van der Waals surface area contributed by atoms with E-state index in [4.69, 9.17) is 103 Å². The number of rotatable bonds is 31. The van der Waals surface area contributed by atoms with Crippen LogP contribution in [0.5, 0.6) is 0 Å². The Labute approximate surface area is 779 Å². The van der Waals surface area contributed by atoms with Gasteiger partial charge in [-0.05, 0) is 126 Å². The number of aromatic nitrogens is 8. The molecule has 8 rings (SSSR count). The zero-order chi connectivity index (χ0) is 96.6. The molecule has 4 heterocycles. The maximum Gasteiger partial charge on any atom is 0.511 e. The van der Waals surface area contributed by atoms with Gasteiger partial charge in [0.1, 0.15) is 75.4 Å². The summed E-state index contributed by atoms with van der Waals surface area (Å²) in [5, 5.41) is 58.6. The lowest BCUT2D eigenvalue weighted by atomic mass is 9.86. The van der Waals surface area contributed by atoms with Gasteiger partial charge >= 0.3 is 24.6 Å². The molecule has 694 valence electrons. The third kappa shape index (κ3) is 31.8. The molecule has 0 N–H and O–H groups in total. The van der Waals surface area contributed by atoms with E-state index < -0.39 is 51.8 Å². The predicted molar refractivity (Wildman–Crippen MR) is 500 cm³/mol. The van der Waals surface area contributed by atoms with Crippen LogP contribution in [-0.4, -0.2) is 117 Å². The molecule has 0 spiro atoms. The molecule has 0 aliphatic carbocycles. The Morgan fingerprint density at radius 3 is 0.783 bits per heavy atom. The van der Waals surface area contributed by atoms with Gasteiger partial charge in [0, 0.05) is 28.2 Å². The fourth-order valence-corrected chi connectivity index (χ4v) is 13.1. The van der Waals surface area contributed by atoms with E-state index in [1.54, 1.807) is 62.8 Å². The Hall–Kier alpha value is -11.9. The molecule has 0 aliphatic heterocycles. The van der Waals surface area contributed by atoms with Crippen molar-refractivity contribution in [2.75, 3.05) is 47.0 Å².